The first kappa shape index (κ1) is 26.4. The third kappa shape index (κ3) is 5.51. The molecule has 0 saturated carbocycles. The highest BCUT2D eigenvalue weighted by Crippen LogP contribution is 2.28. The van der Waals surface area contributed by atoms with Crippen molar-refractivity contribution in [1.29, 1.82) is 0 Å². The van der Waals surface area contributed by atoms with Gasteiger partial charge >= 0.3 is 0 Å². The molecule has 36 heavy (non-hydrogen) atoms. The number of amides is 1. The predicted molar refractivity (Wildman–Crippen MR) is 143 cm³/mol. The van der Waals surface area contributed by atoms with Crippen LogP contribution in [-0.2, 0) is 23.0 Å². The van der Waals surface area contributed by atoms with Gasteiger partial charge in [-0.05, 0) is 67.5 Å². The van der Waals surface area contributed by atoms with Crippen LogP contribution in [0.5, 0.6) is 0 Å². The van der Waals surface area contributed by atoms with Gasteiger partial charge in [-0.15, -0.1) is 0 Å². The summed E-state index contributed by atoms with van der Waals surface area (Å²) in [6, 6.07) is 12.0. The maximum atomic E-state index is 13.4. The minimum atomic E-state index is -3.76. The summed E-state index contributed by atoms with van der Waals surface area (Å²) in [5.74, 6) is 0.0546. The lowest BCUT2D eigenvalue weighted by atomic mass is 9.94. The van der Waals surface area contributed by atoms with Crippen molar-refractivity contribution >= 4 is 38.4 Å². The number of aryl methyl sites for hydroxylation is 1. The van der Waals surface area contributed by atoms with Crippen molar-refractivity contribution in [3.63, 3.8) is 0 Å². The number of halogens is 1. The zero-order chi connectivity index (χ0) is 26.0. The molecule has 192 valence electrons. The lowest BCUT2D eigenvalue weighted by molar-refractivity contribution is 0.0952. The van der Waals surface area contributed by atoms with Crippen LogP contribution in [0.3, 0.4) is 0 Å². The van der Waals surface area contributed by atoms with E-state index in [1.807, 2.05) is 19.1 Å². The summed E-state index contributed by atoms with van der Waals surface area (Å²) in [5.41, 5.74) is 1.13. The van der Waals surface area contributed by atoms with Crippen molar-refractivity contribution in [2.75, 3.05) is 19.6 Å². The minimum absolute atomic E-state index is 0.00442. The molecule has 2 atom stereocenters. The molecule has 1 aliphatic heterocycles. The van der Waals surface area contributed by atoms with Crippen LogP contribution >= 0.6 is 11.6 Å². The number of sulfonamides is 1. The molecule has 4 rings (SSSR count). The summed E-state index contributed by atoms with van der Waals surface area (Å²) in [6.07, 6.45) is 3.12. The van der Waals surface area contributed by atoms with E-state index in [1.54, 1.807) is 35.0 Å². The molecule has 0 radical (unpaired) electrons. The second kappa shape index (κ2) is 10.7. The Morgan fingerprint density at radius 3 is 2.39 bits per heavy atom. The summed E-state index contributed by atoms with van der Waals surface area (Å²) in [4.78, 5) is 26.4. The Hall–Kier alpha value is -2.68. The topological polar surface area (TPSA) is 88.5 Å². The number of nitrogens with one attached hydrogen (secondary N) is 1. The van der Waals surface area contributed by atoms with Crippen LogP contribution in [0.25, 0.3) is 10.9 Å². The van der Waals surface area contributed by atoms with Gasteiger partial charge < -0.3 is 9.88 Å². The zero-order valence-corrected chi connectivity index (χ0v) is 22.4. The van der Waals surface area contributed by atoms with Gasteiger partial charge in [-0.1, -0.05) is 37.6 Å². The minimum Gasteiger partial charge on any atom is -0.352 e. The van der Waals surface area contributed by atoms with E-state index in [4.69, 9.17) is 11.6 Å². The van der Waals surface area contributed by atoms with Gasteiger partial charge in [-0.25, -0.2) is 8.42 Å². The van der Waals surface area contributed by atoms with Crippen LogP contribution in [-0.4, -0.2) is 42.8 Å². The lowest BCUT2D eigenvalue weighted by Crippen LogP contribution is -2.42. The monoisotopic (exact) mass is 529 g/mol. The van der Waals surface area contributed by atoms with E-state index in [1.165, 1.54) is 10.4 Å². The molecule has 7 nitrogen and oxygen atoms in total. The van der Waals surface area contributed by atoms with Crippen molar-refractivity contribution < 1.29 is 13.2 Å². The molecule has 1 fully saturated rings. The van der Waals surface area contributed by atoms with Gasteiger partial charge in [0.25, 0.3) is 5.91 Å². The van der Waals surface area contributed by atoms with Crippen LogP contribution in [0.1, 0.15) is 43.1 Å². The first-order chi connectivity index (χ1) is 17.1. The SMILES string of the molecule is CCn1cc(C(=O)NCCc2ccc(Cl)cc2)c(=O)c2cc(S(=O)(=O)N3C[C@H](C)C[C@@H](C)C3)ccc21. The predicted octanol–water partition coefficient (Wildman–Crippen LogP) is 4.31. The van der Waals surface area contributed by atoms with E-state index in [-0.39, 0.29) is 27.7 Å². The highest BCUT2D eigenvalue weighted by atomic mass is 35.5. The number of rotatable bonds is 7. The van der Waals surface area contributed by atoms with Gasteiger partial charge in [0.15, 0.2) is 0 Å². The van der Waals surface area contributed by atoms with Crippen molar-refractivity contribution in [2.45, 2.75) is 45.1 Å². The first-order valence-corrected chi connectivity index (χ1v) is 14.1. The Balaban J connectivity index is 1.64. The van der Waals surface area contributed by atoms with E-state index in [0.717, 1.165) is 12.0 Å². The number of fused-ring (bicyclic) bond motifs is 1. The Morgan fingerprint density at radius 2 is 1.75 bits per heavy atom. The second-order valence-corrected chi connectivity index (χ2v) is 12.1. The number of pyridine rings is 1. The number of hydrogen-bond acceptors (Lipinski definition) is 4. The highest BCUT2D eigenvalue weighted by Gasteiger charge is 2.32. The van der Waals surface area contributed by atoms with Gasteiger partial charge in [-0.2, -0.15) is 4.31 Å². The maximum absolute atomic E-state index is 13.4. The van der Waals surface area contributed by atoms with Crippen LogP contribution in [0.2, 0.25) is 5.02 Å². The Labute approximate surface area is 217 Å². The molecule has 1 aliphatic rings. The molecule has 0 spiro atoms. The molecule has 2 heterocycles. The van der Waals surface area contributed by atoms with E-state index in [0.29, 0.717) is 43.1 Å². The standard InChI is InChI=1S/C27H32ClN3O4S/c1-4-30-17-24(27(33)29-12-11-20-5-7-21(28)8-6-20)26(32)23-14-22(9-10-25(23)30)36(34,35)31-15-18(2)13-19(3)16-31/h5-10,14,17-19H,4,11-13,15-16H2,1-3H3,(H,29,33)/t18-,19-/m1/s1. The molecule has 1 amide bonds. The van der Waals surface area contributed by atoms with Crippen molar-refractivity contribution in [3.8, 4) is 0 Å². The second-order valence-electron chi connectivity index (χ2n) is 9.74. The fraction of sp³-hybridized carbons (Fsp3) is 0.407. The number of benzene rings is 2. The summed E-state index contributed by atoms with van der Waals surface area (Å²) in [7, 11) is -3.76. The molecule has 3 aromatic rings. The normalized spacial score (nSPS) is 18.9. The van der Waals surface area contributed by atoms with Gasteiger partial charge in [0.2, 0.25) is 15.5 Å². The molecule has 1 saturated heterocycles. The molecule has 0 aliphatic carbocycles. The average molecular weight is 530 g/mol. The maximum Gasteiger partial charge on any atom is 0.256 e. The smallest absolute Gasteiger partial charge is 0.256 e. The first-order valence-electron chi connectivity index (χ1n) is 12.3. The molecular formula is C27H32ClN3O4S. The number of piperidine rings is 1. The lowest BCUT2D eigenvalue weighted by Gasteiger charge is -2.34. The molecule has 1 aromatic heterocycles. The van der Waals surface area contributed by atoms with Gasteiger partial charge in [-0.3, -0.25) is 9.59 Å². The summed E-state index contributed by atoms with van der Waals surface area (Å²) in [6.45, 7) is 7.80. The third-order valence-electron chi connectivity index (χ3n) is 6.72. The Bertz CT molecular complexity index is 1420. The summed E-state index contributed by atoms with van der Waals surface area (Å²) in [5, 5.41) is 3.68. The molecule has 2 aromatic carbocycles. The number of aromatic nitrogens is 1. The van der Waals surface area contributed by atoms with Crippen molar-refractivity contribution in [3.05, 3.63) is 75.0 Å². The highest BCUT2D eigenvalue weighted by molar-refractivity contribution is 7.89. The number of nitrogens with zero attached hydrogens (tertiary/aromatic N) is 2. The number of hydrogen-bond donors (Lipinski definition) is 1. The van der Waals surface area contributed by atoms with Gasteiger partial charge in [0, 0.05) is 42.8 Å². The molecule has 0 bridgehead atoms. The van der Waals surface area contributed by atoms with Crippen molar-refractivity contribution in [1.82, 2.24) is 14.2 Å². The molecular weight excluding hydrogens is 498 g/mol. The average Bonchev–Trinajstić information content (AvgIpc) is 2.84. The van der Waals surface area contributed by atoms with Gasteiger partial charge in [0.05, 0.1) is 10.4 Å². The molecule has 1 N–H and O–H groups in total. The Morgan fingerprint density at radius 1 is 1.08 bits per heavy atom. The van der Waals surface area contributed by atoms with E-state index in [2.05, 4.69) is 19.2 Å². The number of carbonyl (C=O) groups excluding carboxylic acids is 1. The van der Waals surface area contributed by atoms with E-state index >= 15 is 0 Å². The quantitative estimate of drug-likeness (QED) is 0.494. The fourth-order valence-corrected chi connectivity index (χ4v) is 6.81. The summed E-state index contributed by atoms with van der Waals surface area (Å²) < 4.78 is 30.2. The Kier molecular flexibility index (Phi) is 7.87. The fourth-order valence-electron chi connectivity index (χ4n) is 4.98. The molecule has 0 unspecified atom stereocenters. The van der Waals surface area contributed by atoms with Crippen molar-refractivity contribution in [2.24, 2.45) is 11.8 Å². The van der Waals surface area contributed by atoms with Crippen LogP contribution in [0, 0.1) is 11.8 Å². The third-order valence-corrected chi connectivity index (χ3v) is 8.80. The zero-order valence-electron chi connectivity index (χ0n) is 20.8. The van der Waals surface area contributed by atoms with Crippen LogP contribution in [0.4, 0.5) is 0 Å². The molecule has 9 heteroatoms. The summed E-state index contributed by atoms with van der Waals surface area (Å²) >= 11 is 5.92. The van der Waals surface area contributed by atoms with Gasteiger partial charge in [0.1, 0.15) is 5.56 Å². The van der Waals surface area contributed by atoms with Crippen LogP contribution in [0.15, 0.2) is 58.4 Å². The van der Waals surface area contributed by atoms with E-state index < -0.39 is 21.4 Å². The van der Waals surface area contributed by atoms with E-state index in [9.17, 15) is 18.0 Å². The number of carbonyl (C=O) groups is 1. The largest absolute Gasteiger partial charge is 0.352 e. The van der Waals surface area contributed by atoms with Crippen LogP contribution < -0.4 is 10.7 Å².